The van der Waals surface area contributed by atoms with Crippen molar-refractivity contribution < 1.29 is 0 Å². The van der Waals surface area contributed by atoms with Crippen LogP contribution >= 0.6 is 11.6 Å². The lowest BCUT2D eigenvalue weighted by atomic mass is 10.0. The molecule has 0 saturated heterocycles. The van der Waals surface area contributed by atoms with Gasteiger partial charge in [0.25, 0.3) is 0 Å². The molecule has 0 fully saturated rings. The molecule has 0 radical (unpaired) electrons. The van der Waals surface area contributed by atoms with Gasteiger partial charge in [0.15, 0.2) is 0 Å². The Morgan fingerprint density at radius 2 is 2.00 bits per heavy atom. The largest absolute Gasteiger partial charge is 0.271 e. The highest BCUT2D eigenvalue weighted by molar-refractivity contribution is 6.31. The van der Waals surface area contributed by atoms with Crippen LogP contribution in [0.15, 0.2) is 18.5 Å². The lowest BCUT2D eigenvalue weighted by molar-refractivity contribution is 0.459. The number of hydrazine groups is 1. The van der Waals surface area contributed by atoms with Gasteiger partial charge in [0.05, 0.1) is 5.02 Å². The molecular formula is C15H26ClN3. The van der Waals surface area contributed by atoms with Gasteiger partial charge in [-0.2, -0.15) is 0 Å². The van der Waals surface area contributed by atoms with Crippen molar-refractivity contribution >= 4 is 11.6 Å². The van der Waals surface area contributed by atoms with Gasteiger partial charge in [-0.25, -0.2) is 0 Å². The third kappa shape index (κ3) is 6.90. The molecule has 0 aliphatic heterocycles. The summed E-state index contributed by atoms with van der Waals surface area (Å²) in [6.07, 6.45) is 13.3. The van der Waals surface area contributed by atoms with E-state index in [1.54, 1.807) is 12.4 Å². The predicted molar refractivity (Wildman–Crippen MR) is 82.1 cm³/mol. The third-order valence-electron chi connectivity index (χ3n) is 3.46. The Labute approximate surface area is 121 Å². The standard InChI is InChI=1S/C15H26ClN3/c1-2-3-4-5-6-7-8-14(19-17)11-13-9-10-18-12-15(13)16/h9-10,12,14,19H,2-8,11,17H2,1H3. The molecule has 0 bridgehead atoms. The van der Waals surface area contributed by atoms with Gasteiger partial charge in [0.2, 0.25) is 0 Å². The maximum atomic E-state index is 6.11. The summed E-state index contributed by atoms with van der Waals surface area (Å²) >= 11 is 6.11. The molecule has 1 rings (SSSR count). The van der Waals surface area contributed by atoms with Crippen molar-refractivity contribution in [2.24, 2.45) is 5.84 Å². The molecule has 1 aromatic heterocycles. The summed E-state index contributed by atoms with van der Waals surface area (Å²) in [7, 11) is 0. The first-order chi connectivity index (χ1) is 9.27. The molecule has 1 atom stereocenters. The number of hydrogen-bond acceptors (Lipinski definition) is 3. The zero-order chi connectivity index (χ0) is 13.9. The number of nitrogens with two attached hydrogens (primary N) is 1. The van der Waals surface area contributed by atoms with Gasteiger partial charge >= 0.3 is 0 Å². The minimum atomic E-state index is 0.297. The van der Waals surface area contributed by atoms with Gasteiger partial charge < -0.3 is 0 Å². The number of halogens is 1. The molecule has 0 amide bonds. The Balaban J connectivity index is 2.24. The zero-order valence-electron chi connectivity index (χ0n) is 11.9. The van der Waals surface area contributed by atoms with Crippen molar-refractivity contribution in [2.45, 2.75) is 64.3 Å². The second-order valence-corrected chi connectivity index (χ2v) is 5.50. The van der Waals surface area contributed by atoms with Crippen molar-refractivity contribution in [3.05, 3.63) is 29.0 Å². The van der Waals surface area contributed by atoms with Crippen molar-refractivity contribution in [2.75, 3.05) is 0 Å². The number of aromatic nitrogens is 1. The zero-order valence-corrected chi connectivity index (χ0v) is 12.6. The molecule has 0 aliphatic rings. The summed E-state index contributed by atoms with van der Waals surface area (Å²) in [4.78, 5) is 4.00. The molecule has 0 saturated carbocycles. The van der Waals surface area contributed by atoms with E-state index in [-0.39, 0.29) is 0 Å². The van der Waals surface area contributed by atoms with Crippen LogP contribution in [0.25, 0.3) is 0 Å². The number of pyridine rings is 1. The highest BCUT2D eigenvalue weighted by Crippen LogP contribution is 2.17. The van der Waals surface area contributed by atoms with E-state index in [2.05, 4.69) is 17.3 Å². The fourth-order valence-electron chi connectivity index (χ4n) is 2.25. The number of nitrogens with one attached hydrogen (secondary N) is 1. The minimum Gasteiger partial charge on any atom is -0.271 e. The summed E-state index contributed by atoms with van der Waals surface area (Å²) < 4.78 is 0. The smallest absolute Gasteiger partial charge is 0.0621 e. The van der Waals surface area contributed by atoms with E-state index in [0.29, 0.717) is 6.04 Å². The SMILES string of the molecule is CCCCCCCCC(Cc1ccncc1Cl)NN. The molecule has 4 heteroatoms. The first kappa shape index (κ1) is 16.4. The van der Waals surface area contributed by atoms with E-state index in [0.717, 1.165) is 23.4 Å². The van der Waals surface area contributed by atoms with Gasteiger partial charge in [-0.05, 0) is 24.5 Å². The topological polar surface area (TPSA) is 50.9 Å². The Hall–Kier alpha value is -0.640. The summed E-state index contributed by atoms with van der Waals surface area (Å²) in [6.45, 7) is 2.24. The maximum Gasteiger partial charge on any atom is 0.0621 e. The van der Waals surface area contributed by atoms with Crippen LogP contribution in [0.4, 0.5) is 0 Å². The van der Waals surface area contributed by atoms with Gasteiger partial charge in [0.1, 0.15) is 0 Å². The van der Waals surface area contributed by atoms with E-state index < -0.39 is 0 Å². The first-order valence-electron chi connectivity index (χ1n) is 7.32. The van der Waals surface area contributed by atoms with E-state index in [9.17, 15) is 0 Å². The second kappa shape index (κ2) is 10.2. The van der Waals surface area contributed by atoms with Crippen LogP contribution in [0.1, 0.15) is 57.4 Å². The van der Waals surface area contributed by atoms with E-state index in [4.69, 9.17) is 17.4 Å². The van der Waals surface area contributed by atoms with Gasteiger partial charge in [-0.15, -0.1) is 0 Å². The predicted octanol–water partition coefficient (Wildman–Crippen LogP) is 3.86. The minimum absolute atomic E-state index is 0.297. The van der Waals surface area contributed by atoms with E-state index in [1.165, 1.54) is 38.5 Å². The van der Waals surface area contributed by atoms with Crippen LogP contribution in [-0.2, 0) is 6.42 Å². The van der Waals surface area contributed by atoms with Crippen molar-refractivity contribution in [1.82, 2.24) is 10.4 Å². The summed E-state index contributed by atoms with van der Waals surface area (Å²) in [5.74, 6) is 5.62. The Morgan fingerprint density at radius 1 is 1.26 bits per heavy atom. The maximum absolute atomic E-state index is 6.11. The highest BCUT2D eigenvalue weighted by atomic mass is 35.5. The molecule has 108 valence electrons. The number of rotatable bonds is 10. The third-order valence-corrected chi connectivity index (χ3v) is 3.80. The molecule has 0 spiro atoms. The summed E-state index contributed by atoms with van der Waals surface area (Å²) in [5.41, 5.74) is 4.02. The van der Waals surface area contributed by atoms with Crippen LogP contribution in [0, 0.1) is 0 Å². The van der Waals surface area contributed by atoms with Crippen molar-refractivity contribution in [1.29, 1.82) is 0 Å². The molecule has 3 N–H and O–H groups in total. The van der Waals surface area contributed by atoms with Crippen LogP contribution in [0.2, 0.25) is 5.02 Å². The summed E-state index contributed by atoms with van der Waals surface area (Å²) in [6, 6.07) is 2.26. The molecule has 0 aliphatic carbocycles. The van der Waals surface area contributed by atoms with Crippen LogP contribution in [0.5, 0.6) is 0 Å². The number of unbranched alkanes of at least 4 members (excludes halogenated alkanes) is 5. The Kier molecular flexibility index (Phi) is 8.80. The monoisotopic (exact) mass is 283 g/mol. The van der Waals surface area contributed by atoms with Gasteiger partial charge in [-0.1, -0.05) is 57.0 Å². The van der Waals surface area contributed by atoms with Crippen LogP contribution in [0.3, 0.4) is 0 Å². The summed E-state index contributed by atoms with van der Waals surface area (Å²) in [5, 5.41) is 0.727. The average Bonchev–Trinajstić information content (AvgIpc) is 2.43. The van der Waals surface area contributed by atoms with Crippen LogP contribution < -0.4 is 11.3 Å². The fraction of sp³-hybridized carbons (Fsp3) is 0.667. The lowest BCUT2D eigenvalue weighted by Crippen LogP contribution is -2.36. The fourth-order valence-corrected chi connectivity index (χ4v) is 2.45. The lowest BCUT2D eigenvalue weighted by Gasteiger charge is -2.16. The normalized spacial score (nSPS) is 12.6. The van der Waals surface area contributed by atoms with Gasteiger partial charge in [0, 0.05) is 18.4 Å². The molecule has 1 heterocycles. The quantitative estimate of drug-likeness (QED) is 0.389. The molecule has 0 aromatic carbocycles. The number of hydrogen-bond donors (Lipinski definition) is 2. The Morgan fingerprint density at radius 3 is 2.68 bits per heavy atom. The highest BCUT2D eigenvalue weighted by Gasteiger charge is 2.09. The number of nitrogens with zero attached hydrogens (tertiary/aromatic N) is 1. The van der Waals surface area contributed by atoms with E-state index >= 15 is 0 Å². The molecular weight excluding hydrogens is 258 g/mol. The van der Waals surface area contributed by atoms with Crippen molar-refractivity contribution in [3.63, 3.8) is 0 Å². The van der Waals surface area contributed by atoms with E-state index in [1.807, 2.05) is 6.07 Å². The second-order valence-electron chi connectivity index (χ2n) is 5.09. The molecule has 3 nitrogen and oxygen atoms in total. The first-order valence-corrected chi connectivity index (χ1v) is 7.70. The Bertz CT molecular complexity index is 344. The van der Waals surface area contributed by atoms with Gasteiger partial charge in [-0.3, -0.25) is 16.3 Å². The molecule has 1 unspecified atom stereocenters. The molecule has 19 heavy (non-hydrogen) atoms. The average molecular weight is 284 g/mol. The molecule has 1 aromatic rings. The van der Waals surface area contributed by atoms with Crippen molar-refractivity contribution in [3.8, 4) is 0 Å². The van der Waals surface area contributed by atoms with Crippen LogP contribution in [-0.4, -0.2) is 11.0 Å².